The molecule has 0 saturated carbocycles. The van der Waals surface area contributed by atoms with E-state index in [-0.39, 0.29) is 11.5 Å². The standard InChI is InChI=1S/C15H15N5O2S/c1-10(14(21)17-7-6-13-16-8-9-23-13)20-15(22)11-4-2-3-5-12(11)18-19-20/h2-5,8-10H,6-7H2,1H3,(H,17,21). The molecule has 0 aliphatic heterocycles. The molecule has 0 fully saturated rings. The summed E-state index contributed by atoms with van der Waals surface area (Å²) >= 11 is 1.54. The number of hydrogen-bond donors (Lipinski definition) is 1. The highest BCUT2D eigenvalue weighted by atomic mass is 32.1. The molecule has 3 aromatic rings. The summed E-state index contributed by atoms with van der Waals surface area (Å²) in [4.78, 5) is 28.8. The first-order chi connectivity index (χ1) is 11.2. The van der Waals surface area contributed by atoms with E-state index in [4.69, 9.17) is 0 Å². The molecule has 1 amide bonds. The van der Waals surface area contributed by atoms with E-state index in [2.05, 4.69) is 20.6 Å². The van der Waals surface area contributed by atoms with Gasteiger partial charge in [0.15, 0.2) is 0 Å². The number of carbonyl (C=O) groups is 1. The Hall–Kier alpha value is -2.61. The van der Waals surface area contributed by atoms with Gasteiger partial charge in [0.25, 0.3) is 5.56 Å². The Balaban J connectivity index is 1.72. The van der Waals surface area contributed by atoms with Crippen LogP contribution < -0.4 is 10.9 Å². The SMILES string of the molecule is CC(C(=O)NCCc1nccs1)n1nnc2ccccc2c1=O. The first-order valence-corrected chi connectivity index (χ1v) is 8.05. The van der Waals surface area contributed by atoms with Crippen LogP contribution in [0.25, 0.3) is 10.9 Å². The van der Waals surface area contributed by atoms with Crippen molar-refractivity contribution in [2.45, 2.75) is 19.4 Å². The van der Waals surface area contributed by atoms with E-state index in [9.17, 15) is 9.59 Å². The van der Waals surface area contributed by atoms with E-state index in [1.54, 1.807) is 48.7 Å². The average molecular weight is 329 g/mol. The second-order valence-electron chi connectivity index (χ2n) is 5.00. The number of benzene rings is 1. The van der Waals surface area contributed by atoms with Crippen LogP contribution in [0.2, 0.25) is 0 Å². The van der Waals surface area contributed by atoms with E-state index in [0.29, 0.717) is 23.9 Å². The van der Waals surface area contributed by atoms with Gasteiger partial charge in [0.05, 0.1) is 10.4 Å². The molecule has 0 spiro atoms. The summed E-state index contributed by atoms with van der Waals surface area (Å²) in [5, 5.41) is 14.0. The molecule has 0 aliphatic rings. The normalized spacial score (nSPS) is 12.2. The Bertz CT molecular complexity index is 875. The Morgan fingerprint density at radius 3 is 3.00 bits per heavy atom. The number of rotatable bonds is 5. The van der Waals surface area contributed by atoms with Crippen molar-refractivity contribution in [3.05, 3.63) is 51.2 Å². The van der Waals surface area contributed by atoms with Crippen LogP contribution in [0.15, 0.2) is 40.6 Å². The number of nitrogens with zero attached hydrogens (tertiary/aromatic N) is 4. The van der Waals surface area contributed by atoms with Crippen LogP contribution in [0.5, 0.6) is 0 Å². The van der Waals surface area contributed by atoms with Crippen molar-refractivity contribution in [3.63, 3.8) is 0 Å². The average Bonchev–Trinajstić information content (AvgIpc) is 3.08. The van der Waals surface area contributed by atoms with Gasteiger partial charge in [-0.3, -0.25) is 9.59 Å². The van der Waals surface area contributed by atoms with Crippen LogP contribution >= 0.6 is 11.3 Å². The number of hydrogen-bond acceptors (Lipinski definition) is 6. The van der Waals surface area contributed by atoms with Gasteiger partial charge < -0.3 is 5.32 Å². The van der Waals surface area contributed by atoms with Gasteiger partial charge in [-0.15, -0.1) is 16.4 Å². The van der Waals surface area contributed by atoms with Gasteiger partial charge in [0, 0.05) is 24.5 Å². The molecule has 0 aliphatic carbocycles. The summed E-state index contributed by atoms with van der Waals surface area (Å²) in [7, 11) is 0. The molecule has 8 heteroatoms. The number of fused-ring (bicyclic) bond motifs is 1. The Kier molecular flexibility index (Phi) is 4.42. The quantitative estimate of drug-likeness (QED) is 0.759. The summed E-state index contributed by atoms with van der Waals surface area (Å²) < 4.78 is 1.11. The Morgan fingerprint density at radius 2 is 2.22 bits per heavy atom. The lowest BCUT2D eigenvalue weighted by Gasteiger charge is -2.13. The highest BCUT2D eigenvalue weighted by molar-refractivity contribution is 7.09. The van der Waals surface area contributed by atoms with Gasteiger partial charge in [-0.25, -0.2) is 4.98 Å². The van der Waals surface area contributed by atoms with Crippen molar-refractivity contribution < 1.29 is 4.79 Å². The molecule has 0 radical (unpaired) electrons. The lowest BCUT2D eigenvalue weighted by Crippen LogP contribution is -2.38. The van der Waals surface area contributed by atoms with Crippen LogP contribution in [-0.4, -0.2) is 32.4 Å². The molecule has 2 aromatic heterocycles. The van der Waals surface area contributed by atoms with Crippen molar-refractivity contribution in [2.24, 2.45) is 0 Å². The zero-order valence-electron chi connectivity index (χ0n) is 12.5. The molecule has 0 saturated heterocycles. The fraction of sp³-hybridized carbons (Fsp3) is 0.267. The third kappa shape index (κ3) is 3.26. The van der Waals surface area contributed by atoms with Crippen molar-refractivity contribution >= 4 is 28.1 Å². The summed E-state index contributed by atoms with van der Waals surface area (Å²) in [6.07, 6.45) is 2.39. The number of nitrogens with one attached hydrogen (secondary N) is 1. The van der Waals surface area contributed by atoms with Crippen molar-refractivity contribution in [3.8, 4) is 0 Å². The van der Waals surface area contributed by atoms with Crippen LogP contribution in [0, 0.1) is 0 Å². The first-order valence-electron chi connectivity index (χ1n) is 7.17. The van der Waals surface area contributed by atoms with Gasteiger partial charge >= 0.3 is 0 Å². The summed E-state index contributed by atoms with van der Waals surface area (Å²) in [6, 6.07) is 6.21. The molecule has 3 rings (SSSR count). The molecular formula is C15H15N5O2S. The van der Waals surface area contributed by atoms with Crippen LogP contribution in [0.4, 0.5) is 0 Å². The first kappa shape index (κ1) is 15.3. The minimum absolute atomic E-state index is 0.270. The fourth-order valence-electron chi connectivity index (χ4n) is 2.18. The van der Waals surface area contributed by atoms with Gasteiger partial charge in [0.2, 0.25) is 5.91 Å². The zero-order chi connectivity index (χ0) is 16.2. The highest BCUT2D eigenvalue weighted by Crippen LogP contribution is 2.07. The minimum atomic E-state index is -0.726. The number of aromatic nitrogens is 4. The van der Waals surface area contributed by atoms with E-state index < -0.39 is 6.04 Å². The molecule has 23 heavy (non-hydrogen) atoms. The maximum Gasteiger partial charge on any atom is 0.278 e. The maximum absolute atomic E-state index is 12.4. The number of carbonyl (C=O) groups excluding carboxylic acids is 1. The molecule has 1 N–H and O–H groups in total. The molecule has 7 nitrogen and oxygen atoms in total. The topological polar surface area (TPSA) is 89.8 Å². The third-order valence-corrected chi connectivity index (χ3v) is 4.30. The smallest absolute Gasteiger partial charge is 0.278 e. The fourth-order valence-corrected chi connectivity index (χ4v) is 2.80. The molecule has 1 atom stereocenters. The predicted molar refractivity (Wildman–Crippen MR) is 87.3 cm³/mol. The third-order valence-electron chi connectivity index (χ3n) is 3.46. The number of amides is 1. The van der Waals surface area contributed by atoms with E-state index in [1.165, 1.54) is 0 Å². The van der Waals surface area contributed by atoms with E-state index in [1.807, 2.05) is 5.38 Å². The summed E-state index contributed by atoms with van der Waals surface area (Å²) in [5.41, 5.74) is 0.198. The molecule has 1 unspecified atom stereocenters. The van der Waals surface area contributed by atoms with Crippen molar-refractivity contribution in [1.82, 2.24) is 25.3 Å². The Labute approximate surface area is 136 Å². The maximum atomic E-state index is 12.4. The second-order valence-corrected chi connectivity index (χ2v) is 5.98. The zero-order valence-corrected chi connectivity index (χ0v) is 13.3. The molecule has 1 aromatic carbocycles. The van der Waals surface area contributed by atoms with Crippen LogP contribution in [-0.2, 0) is 11.2 Å². The van der Waals surface area contributed by atoms with E-state index in [0.717, 1.165) is 9.69 Å². The largest absolute Gasteiger partial charge is 0.354 e. The molecule has 0 bridgehead atoms. The van der Waals surface area contributed by atoms with Gasteiger partial charge in [-0.2, -0.15) is 4.68 Å². The predicted octanol–water partition coefficient (Wildman–Crippen LogP) is 1.17. The van der Waals surface area contributed by atoms with Crippen molar-refractivity contribution in [2.75, 3.05) is 6.54 Å². The van der Waals surface area contributed by atoms with E-state index >= 15 is 0 Å². The lowest BCUT2D eigenvalue weighted by molar-refractivity contribution is -0.124. The van der Waals surface area contributed by atoms with Gasteiger partial charge in [-0.1, -0.05) is 17.3 Å². The minimum Gasteiger partial charge on any atom is -0.354 e. The van der Waals surface area contributed by atoms with Crippen molar-refractivity contribution in [1.29, 1.82) is 0 Å². The Morgan fingerprint density at radius 1 is 1.39 bits per heavy atom. The summed E-state index contributed by atoms with van der Waals surface area (Å²) in [6.45, 7) is 2.09. The van der Waals surface area contributed by atoms with Gasteiger partial charge in [-0.05, 0) is 19.1 Å². The van der Waals surface area contributed by atoms with Crippen LogP contribution in [0.3, 0.4) is 0 Å². The van der Waals surface area contributed by atoms with Crippen LogP contribution in [0.1, 0.15) is 18.0 Å². The monoisotopic (exact) mass is 329 g/mol. The molecular weight excluding hydrogens is 314 g/mol. The molecule has 2 heterocycles. The second kappa shape index (κ2) is 6.66. The summed E-state index contributed by atoms with van der Waals surface area (Å²) in [5.74, 6) is -0.270. The van der Waals surface area contributed by atoms with Gasteiger partial charge in [0.1, 0.15) is 11.6 Å². The highest BCUT2D eigenvalue weighted by Gasteiger charge is 2.18. The number of thiazole rings is 1. The lowest BCUT2D eigenvalue weighted by atomic mass is 10.2. The molecule has 118 valence electrons.